The largest absolute Gasteiger partial charge is 0.369 e. The van der Waals surface area contributed by atoms with E-state index in [-0.39, 0.29) is 29.7 Å². The molecule has 2 heterocycles. The quantitative estimate of drug-likeness (QED) is 0.620. The number of nitrogens with two attached hydrogens (primary N) is 1. The molecule has 1 aliphatic heterocycles. The van der Waals surface area contributed by atoms with Gasteiger partial charge in [0.1, 0.15) is 11.7 Å². The van der Waals surface area contributed by atoms with E-state index in [1.807, 2.05) is 0 Å². The SMILES string of the molecule is Nc1nc2c(c(=O)[nH]1)NC(CC(=O)c1ccc(Cl)cc1)C(=O)N2. The molecule has 8 nitrogen and oxygen atoms in total. The molecule has 9 heteroatoms. The van der Waals surface area contributed by atoms with Gasteiger partial charge in [-0.05, 0) is 24.3 Å². The van der Waals surface area contributed by atoms with E-state index in [0.717, 1.165) is 0 Å². The number of nitrogens with zero attached hydrogens (tertiary/aromatic N) is 1. The molecule has 0 aliphatic carbocycles. The average Bonchev–Trinajstić information content (AvgIpc) is 2.49. The monoisotopic (exact) mass is 333 g/mol. The molecule has 0 fully saturated rings. The van der Waals surface area contributed by atoms with Crippen LogP contribution in [0.5, 0.6) is 0 Å². The number of ketones is 1. The molecule has 0 radical (unpaired) electrons. The minimum atomic E-state index is -0.878. The maximum atomic E-state index is 12.2. The number of nitrogens with one attached hydrogen (secondary N) is 3. The lowest BCUT2D eigenvalue weighted by Gasteiger charge is -2.24. The van der Waals surface area contributed by atoms with Crippen LogP contribution in [-0.2, 0) is 4.79 Å². The summed E-state index contributed by atoms with van der Waals surface area (Å²) in [7, 11) is 0. The average molecular weight is 334 g/mol. The van der Waals surface area contributed by atoms with E-state index in [2.05, 4.69) is 20.6 Å². The van der Waals surface area contributed by atoms with Crippen LogP contribution < -0.4 is 21.9 Å². The lowest BCUT2D eigenvalue weighted by Crippen LogP contribution is -2.43. The zero-order valence-electron chi connectivity index (χ0n) is 11.7. The number of nitrogen functional groups attached to an aromatic ring is 1. The molecule has 1 aliphatic rings. The first-order valence-electron chi connectivity index (χ1n) is 6.70. The second-order valence-corrected chi connectivity index (χ2v) is 5.43. The zero-order valence-corrected chi connectivity index (χ0v) is 12.5. The summed E-state index contributed by atoms with van der Waals surface area (Å²) in [6, 6.07) is 5.46. The first-order valence-corrected chi connectivity index (χ1v) is 7.08. The number of halogens is 1. The number of Topliss-reactive ketones (excluding diaryl/α,β-unsaturated/α-hetero) is 1. The van der Waals surface area contributed by atoms with Gasteiger partial charge in [0.2, 0.25) is 11.9 Å². The van der Waals surface area contributed by atoms with Gasteiger partial charge in [-0.25, -0.2) is 0 Å². The highest BCUT2D eigenvalue weighted by atomic mass is 35.5. The Morgan fingerprint density at radius 1 is 1.26 bits per heavy atom. The number of carbonyl (C=O) groups excluding carboxylic acids is 2. The van der Waals surface area contributed by atoms with Gasteiger partial charge in [0.25, 0.3) is 5.56 Å². The molecular formula is C14H12ClN5O3. The van der Waals surface area contributed by atoms with Crippen molar-refractivity contribution in [1.29, 1.82) is 0 Å². The standard InChI is InChI=1S/C14H12ClN5O3/c15-7-3-1-6(2-4-7)9(21)5-8-12(22)18-11-10(17-8)13(23)20-14(16)19-11/h1-4,8,17H,5H2,(H4,16,18,19,20,22,23). The molecule has 0 spiro atoms. The summed E-state index contributed by atoms with van der Waals surface area (Å²) in [5.74, 6) is -0.770. The highest BCUT2D eigenvalue weighted by molar-refractivity contribution is 6.30. The number of hydrogen-bond acceptors (Lipinski definition) is 6. The van der Waals surface area contributed by atoms with Gasteiger partial charge in [0.05, 0.1) is 0 Å². The molecule has 3 rings (SSSR count). The number of aromatic amines is 1. The van der Waals surface area contributed by atoms with E-state index in [0.29, 0.717) is 10.6 Å². The van der Waals surface area contributed by atoms with Gasteiger partial charge in [-0.3, -0.25) is 19.4 Å². The second kappa shape index (κ2) is 5.73. The first-order chi connectivity index (χ1) is 10.9. The number of anilines is 3. The molecule has 1 aromatic carbocycles. The van der Waals surface area contributed by atoms with Gasteiger partial charge < -0.3 is 16.4 Å². The summed E-state index contributed by atoms with van der Waals surface area (Å²) in [6.45, 7) is 0. The number of hydrogen-bond donors (Lipinski definition) is 4. The summed E-state index contributed by atoms with van der Waals surface area (Å²) >= 11 is 5.77. The fourth-order valence-corrected chi connectivity index (χ4v) is 2.37. The van der Waals surface area contributed by atoms with Crippen molar-refractivity contribution in [3.63, 3.8) is 0 Å². The summed E-state index contributed by atoms with van der Waals surface area (Å²) in [5.41, 5.74) is 5.41. The Morgan fingerprint density at radius 3 is 2.65 bits per heavy atom. The number of fused-ring (bicyclic) bond motifs is 1. The normalized spacial score (nSPS) is 16.2. The Labute approximate surface area is 135 Å². The zero-order chi connectivity index (χ0) is 16.6. The molecule has 1 amide bonds. The van der Waals surface area contributed by atoms with Crippen molar-refractivity contribution in [2.24, 2.45) is 0 Å². The van der Waals surface area contributed by atoms with Gasteiger partial charge in [0, 0.05) is 17.0 Å². The number of H-pyrrole nitrogens is 1. The van der Waals surface area contributed by atoms with Crippen molar-refractivity contribution in [3.8, 4) is 0 Å². The number of aromatic nitrogens is 2. The fourth-order valence-electron chi connectivity index (χ4n) is 2.24. The Bertz CT molecular complexity index is 846. The number of benzene rings is 1. The summed E-state index contributed by atoms with van der Waals surface area (Å²) in [6.07, 6.45) is -0.114. The van der Waals surface area contributed by atoms with Crippen LogP contribution in [-0.4, -0.2) is 27.7 Å². The number of carbonyl (C=O) groups is 2. The summed E-state index contributed by atoms with van der Waals surface area (Å²) in [5, 5.41) is 5.72. The van der Waals surface area contributed by atoms with Crippen molar-refractivity contribution in [2.75, 3.05) is 16.4 Å². The van der Waals surface area contributed by atoms with Gasteiger partial charge in [-0.2, -0.15) is 4.98 Å². The smallest absolute Gasteiger partial charge is 0.277 e. The molecule has 1 atom stereocenters. The lowest BCUT2D eigenvalue weighted by atomic mass is 10.0. The Kier molecular flexibility index (Phi) is 3.75. The summed E-state index contributed by atoms with van der Waals surface area (Å²) < 4.78 is 0. The molecule has 118 valence electrons. The van der Waals surface area contributed by atoms with Crippen LogP contribution >= 0.6 is 11.6 Å². The Morgan fingerprint density at radius 2 is 1.96 bits per heavy atom. The van der Waals surface area contributed by atoms with E-state index >= 15 is 0 Å². The van der Waals surface area contributed by atoms with Gasteiger partial charge in [-0.1, -0.05) is 11.6 Å². The highest BCUT2D eigenvalue weighted by Crippen LogP contribution is 2.22. The molecule has 0 saturated carbocycles. The van der Waals surface area contributed by atoms with E-state index in [1.54, 1.807) is 24.3 Å². The van der Waals surface area contributed by atoms with Crippen LogP contribution in [0, 0.1) is 0 Å². The van der Waals surface area contributed by atoms with Crippen LogP contribution in [0.25, 0.3) is 0 Å². The second-order valence-electron chi connectivity index (χ2n) is 5.00. The van der Waals surface area contributed by atoms with Crippen molar-refractivity contribution < 1.29 is 9.59 Å². The molecule has 5 N–H and O–H groups in total. The predicted octanol–water partition coefficient (Wildman–Crippen LogP) is 1.01. The molecule has 23 heavy (non-hydrogen) atoms. The first kappa shape index (κ1) is 15.0. The lowest BCUT2D eigenvalue weighted by molar-refractivity contribution is -0.117. The minimum absolute atomic E-state index is 0.0476. The van der Waals surface area contributed by atoms with Crippen molar-refractivity contribution in [1.82, 2.24) is 9.97 Å². The third-order valence-corrected chi connectivity index (χ3v) is 3.62. The summed E-state index contributed by atoms with van der Waals surface area (Å²) in [4.78, 5) is 42.3. The Hall–Kier alpha value is -2.87. The van der Waals surface area contributed by atoms with E-state index in [9.17, 15) is 14.4 Å². The van der Waals surface area contributed by atoms with E-state index in [4.69, 9.17) is 17.3 Å². The van der Waals surface area contributed by atoms with Gasteiger partial charge >= 0.3 is 0 Å². The topological polar surface area (TPSA) is 130 Å². The maximum Gasteiger partial charge on any atom is 0.277 e. The van der Waals surface area contributed by atoms with Crippen LogP contribution in [0.2, 0.25) is 5.02 Å². The van der Waals surface area contributed by atoms with Crippen LogP contribution in [0.1, 0.15) is 16.8 Å². The van der Waals surface area contributed by atoms with Crippen LogP contribution in [0.4, 0.5) is 17.5 Å². The number of rotatable bonds is 3. The van der Waals surface area contributed by atoms with E-state index < -0.39 is 17.5 Å². The molecule has 2 aromatic rings. The maximum absolute atomic E-state index is 12.2. The van der Waals surface area contributed by atoms with Crippen molar-refractivity contribution >= 4 is 40.7 Å². The molecular weight excluding hydrogens is 322 g/mol. The van der Waals surface area contributed by atoms with Gasteiger partial charge in [0.15, 0.2) is 11.6 Å². The van der Waals surface area contributed by atoms with Crippen LogP contribution in [0.3, 0.4) is 0 Å². The molecule has 1 aromatic heterocycles. The third-order valence-electron chi connectivity index (χ3n) is 3.37. The fraction of sp³-hybridized carbons (Fsp3) is 0.143. The Balaban J connectivity index is 1.81. The van der Waals surface area contributed by atoms with Crippen LogP contribution in [0.15, 0.2) is 29.1 Å². The molecule has 0 saturated heterocycles. The molecule has 1 unspecified atom stereocenters. The van der Waals surface area contributed by atoms with E-state index in [1.165, 1.54) is 0 Å². The highest BCUT2D eigenvalue weighted by Gasteiger charge is 2.30. The molecule has 0 bridgehead atoms. The predicted molar refractivity (Wildman–Crippen MR) is 85.7 cm³/mol. The van der Waals surface area contributed by atoms with Gasteiger partial charge in [-0.15, -0.1) is 0 Å². The minimum Gasteiger partial charge on any atom is -0.369 e. The third kappa shape index (κ3) is 3.02. The van der Waals surface area contributed by atoms with Crippen molar-refractivity contribution in [3.05, 3.63) is 45.2 Å². The van der Waals surface area contributed by atoms with Crippen molar-refractivity contribution in [2.45, 2.75) is 12.5 Å². The number of amides is 1.